The van der Waals surface area contributed by atoms with E-state index in [9.17, 15) is 19.2 Å². The van der Waals surface area contributed by atoms with E-state index in [1.165, 1.54) is 89.9 Å². The lowest BCUT2D eigenvalue weighted by atomic mass is 10.1. The molecule has 11 heteroatoms. The van der Waals surface area contributed by atoms with Gasteiger partial charge in [0, 0.05) is 25.7 Å². The molecule has 0 aliphatic carbocycles. The highest BCUT2D eigenvalue weighted by molar-refractivity contribution is 5.72. The normalized spacial score (nSPS) is 18.1. The van der Waals surface area contributed by atoms with Crippen molar-refractivity contribution < 1.29 is 42.9 Å². The molecule has 0 radical (unpaired) electrons. The Balaban J connectivity index is 2.86. The number of ether oxygens (including phenoxy) is 5. The van der Waals surface area contributed by atoms with Crippen molar-refractivity contribution in [1.29, 1.82) is 0 Å². The molecule has 0 N–H and O–H groups in total. The van der Waals surface area contributed by atoms with Gasteiger partial charge < -0.3 is 33.5 Å². The summed E-state index contributed by atoms with van der Waals surface area (Å²) in [5, 5.41) is 0. The average Bonchev–Trinajstić information content (AvgIpc) is 3.45. The molecule has 0 amide bonds. The second-order valence-corrected chi connectivity index (χ2v) is 16.5. The molecule has 0 aromatic carbocycles. The summed E-state index contributed by atoms with van der Waals surface area (Å²) < 4.78 is 29.3. The van der Waals surface area contributed by atoms with Gasteiger partial charge in [0.1, 0.15) is 12.7 Å². The van der Waals surface area contributed by atoms with E-state index in [1.807, 2.05) is 38.0 Å². The van der Waals surface area contributed by atoms with Crippen molar-refractivity contribution >= 4 is 23.9 Å². The minimum absolute atomic E-state index is 0.145. The monoisotopic (exact) mass is 797 g/mol. The van der Waals surface area contributed by atoms with Gasteiger partial charge in [0.05, 0.1) is 0 Å². The standard InChI is InChI=1S/C45H84N2O9/c1-7-9-11-13-15-17-19-21-23-25-27-31-40(49)54-43-38(37-52-39(48)33-29-35-46(3)4)53-45(56-42(51)34-30-36-47(5)6)44(43)55-41(50)32-28-26-24-22-20-18-16-14-12-10-8-2/h38,43-45H,7-37H2,1-6H3/t38-,43+,44?,45+/m1/s1. The van der Waals surface area contributed by atoms with Gasteiger partial charge in [0.25, 0.3) is 0 Å². The fourth-order valence-corrected chi connectivity index (χ4v) is 6.99. The molecule has 1 unspecified atom stereocenters. The molecule has 0 aromatic rings. The maximum absolute atomic E-state index is 13.3. The van der Waals surface area contributed by atoms with Gasteiger partial charge in [0.2, 0.25) is 12.4 Å². The minimum Gasteiger partial charge on any atom is -0.463 e. The van der Waals surface area contributed by atoms with Gasteiger partial charge in [-0.05, 0) is 67.0 Å². The second kappa shape index (κ2) is 34.8. The van der Waals surface area contributed by atoms with E-state index in [-0.39, 0.29) is 32.3 Å². The Morgan fingerprint density at radius 3 is 1.18 bits per heavy atom. The molecule has 56 heavy (non-hydrogen) atoms. The van der Waals surface area contributed by atoms with E-state index in [0.29, 0.717) is 32.2 Å². The van der Waals surface area contributed by atoms with Crippen LogP contribution in [0.2, 0.25) is 0 Å². The van der Waals surface area contributed by atoms with Crippen molar-refractivity contribution in [2.24, 2.45) is 0 Å². The highest BCUT2D eigenvalue weighted by Gasteiger charge is 2.52. The summed E-state index contributed by atoms with van der Waals surface area (Å²) in [5.41, 5.74) is 0. The second-order valence-electron chi connectivity index (χ2n) is 16.5. The van der Waals surface area contributed by atoms with Crippen LogP contribution in [-0.2, 0) is 42.9 Å². The van der Waals surface area contributed by atoms with Crippen LogP contribution < -0.4 is 0 Å². The van der Waals surface area contributed by atoms with E-state index in [4.69, 9.17) is 23.7 Å². The number of carbonyl (C=O) groups excluding carboxylic acids is 4. The summed E-state index contributed by atoms with van der Waals surface area (Å²) in [4.78, 5) is 56.0. The Bertz CT molecular complexity index is 1010. The zero-order chi connectivity index (χ0) is 41.2. The van der Waals surface area contributed by atoms with Crippen LogP contribution in [0.25, 0.3) is 0 Å². The number of carbonyl (C=O) groups is 4. The maximum Gasteiger partial charge on any atom is 0.308 e. The van der Waals surface area contributed by atoms with Crippen LogP contribution in [-0.4, -0.2) is 106 Å². The number of rotatable bonds is 37. The topological polar surface area (TPSA) is 121 Å². The molecule has 0 aromatic heterocycles. The highest BCUT2D eigenvalue weighted by Crippen LogP contribution is 2.30. The zero-order valence-electron chi connectivity index (χ0n) is 36.8. The van der Waals surface area contributed by atoms with Gasteiger partial charge in [0.15, 0.2) is 6.10 Å². The van der Waals surface area contributed by atoms with Gasteiger partial charge in [-0.25, -0.2) is 0 Å². The van der Waals surface area contributed by atoms with E-state index < -0.39 is 48.5 Å². The van der Waals surface area contributed by atoms with Gasteiger partial charge in [-0.3, -0.25) is 19.2 Å². The largest absolute Gasteiger partial charge is 0.463 e. The van der Waals surface area contributed by atoms with Crippen molar-refractivity contribution in [2.45, 2.75) is 218 Å². The molecular formula is C45H84N2O9. The Morgan fingerprint density at radius 2 is 0.768 bits per heavy atom. The minimum atomic E-state index is -1.29. The first kappa shape index (κ1) is 51.8. The summed E-state index contributed by atoms with van der Waals surface area (Å²) >= 11 is 0. The van der Waals surface area contributed by atoms with Crippen molar-refractivity contribution in [1.82, 2.24) is 9.80 Å². The van der Waals surface area contributed by atoms with Crippen LogP contribution in [0.4, 0.5) is 0 Å². The molecule has 4 atom stereocenters. The van der Waals surface area contributed by atoms with Crippen molar-refractivity contribution in [3.8, 4) is 0 Å². The number of unbranched alkanes of at least 4 members (excludes halogenated alkanes) is 20. The summed E-state index contributed by atoms with van der Waals surface area (Å²) in [6.07, 6.45) is 23.0. The first-order valence-corrected chi connectivity index (χ1v) is 22.8. The molecule has 0 bridgehead atoms. The lowest BCUT2D eigenvalue weighted by Gasteiger charge is -2.24. The van der Waals surface area contributed by atoms with Crippen LogP contribution in [0.1, 0.15) is 194 Å². The fraction of sp³-hybridized carbons (Fsp3) is 0.911. The lowest BCUT2D eigenvalue weighted by molar-refractivity contribution is -0.200. The molecule has 1 saturated heterocycles. The predicted molar refractivity (Wildman–Crippen MR) is 223 cm³/mol. The molecule has 11 nitrogen and oxygen atoms in total. The molecule has 1 aliphatic heterocycles. The van der Waals surface area contributed by atoms with Crippen LogP contribution in [0, 0.1) is 0 Å². The van der Waals surface area contributed by atoms with Gasteiger partial charge in [-0.2, -0.15) is 0 Å². The maximum atomic E-state index is 13.3. The molecule has 1 rings (SSSR count). The third-order valence-electron chi connectivity index (χ3n) is 10.4. The quantitative estimate of drug-likeness (QED) is 0.0339. The van der Waals surface area contributed by atoms with E-state index >= 15 is 0 Å². The molecular weight excluding hydrogens is 712 g/mol. The average molecular weight is 797 g/mol. The van der Waals surface area contributed by atoms with Gasteiger partial charge >= 0.3 is 23.9 Å². The van der Waals surface area contributed by atoms with Crippen LogP contribution in [0.5, 0.6) is 0 Å². The molecule has 328 valence electrons. The number of hydrogen-bond donors (Lipinski definition) is 0. The van der Waals surface area contributed by atoms with Crippen LogP contribution in [0.3, 0.4) is 0 Å². The molecule has 1 aliphatic rings. The SMILES string of the molecule is CCCCCCCCCCCCCC(=O)OC1[C@H](OC(=O)CCCN(C)C)O[C@H](COC(=O)CCCN(C)C)[C@@H]1OC(=O)CCCCCCCCCCCCC. The molecule has 1 fully saturated rings. The summed E-state index contributed by atoms with van der Waals surface area (Å²) in [7, 11) is 7.73. The Morgan fingerprint density at radius 1 is 0.429 bits per heavy atom. The highest BCUT2D eigenvalue weighted by atomic mass is 16.8. The summed E-state index contributed by atoms with van der Waals surface area (Å²) in [6.45, 7) is 5.68. The van der Waals surface area contributed by atoms with Crippen molar-refractivity contribution in [3.05, 3.63) is 0 Å². The Labute approximate surface area is 342 Å². The van der Waals surface area contributed by atoms with Crippen molar-refractivity contribution in [2.75, 3.05) is 47.9 Å². The fourth-order valence-electron chi connectivity index (χ4n) is 6.99. The Hall–Kier alpha value is -2.24. The van der Waals surface area contributed by atoms with E-state index in [0.717, 1.165) is 45.1 Å². The molecule has 0 spiro atoms. The van der Waals surface area contributed by atoms with Crippen molar-refractivity contribution in [3.63, 3.8) is 0 Å². The first-order valence-electron chi connectivity index (χ1n) is 22.8. The van der Waals surface area contributed by atoms with Crippen LogP contribution in [0.15, 0.2) is 0 Å². The van der Waals surface area contributed by atoms with E-state index in [2.05, 4.69) is 13.8 Å². The summed E-state index contributed by atoms with van der Waals surface area (Å²) in [6, 6.07) is 0. The molecule has 1 heterocycles. The van der Waals surface area contributed by atoms with Crippen LogP contribution >= 0.6 is 0 Å². The summed E-state index contributed by atoms with van der Waals surface area (Å²) in [5.74, 6) is -1.82. The Kier molecular flexibility index (Phi) is 32.1. The smallest absolute Gasteiger partial charge is 0.308 e. The lowest BCUT2D eigenvalue weighted by Crippen LogP contribution is -2.42. The number of nitrogens with zero attached hydrogens (tertiary/aromatic N) is 2. The first-order chi connectivity index (χ1) is 27.1. The third-order valence-corrected chi connectivity index (χ3v) is 10.4. The zero-order valence-corrected chi connectivity index (χ0v) is 36.8. The van der Waals surface area contributed by atoms with Gasteiger partial charge in [-0.1, -0.05) is 142 Å². The third kappa shape index (κ3) is 28.2. The van der Waals surface area contributed by atoms with Gasteiger partial charge in [-0.15, -0.1) is 0 Å². The number of esters is 4. The molecule has 0 saturated carbocycles. The van der Waals surface area contributed by atoms with E-state index in [1.54, 1.807) is 0 Å². The predicted octanol–water partition coefficient (Wildman–Crippen LogP) is 9.71. The number of hydrogen-bond acceptors (Lipinski definition) is 11.